The zero-order valence-corrected chi connectivity index (χ0v) is 11.1. The highest BCUT2D eigenvalue weighted by Gasteiger charge is 2.31. The predicted molar refractivity (Wildman–Crippen MR) is 79.3 cm³/mol. The molecule has 0 bridgehead atoms. The second-order valence-corrected chi connectivity index (χ2v) is 5.35. The Morgan fingerprint density at radius 2 is 1.74 bits per heavy atom. The molecule has 1 heterocycles. The minimum Gasteiger partial charge on any atom is -0.374 e. The number of para-hydroxylation sites is 1. The molecule has 1 N–H and O–H groups in total. The number of nitrogens with zero attached hydrogens (tertiary/aromatic N) is 1. The smallest absolute Gasteiger partial charge is 0.159 e. The van der Waals surface area contributed by atoms with Crippen molar-refractivity contribution in [3.63, 3.8) is 0 Å². The molecular formula is C16H13NOS. The molecule has 0 saturated heterocycles. The topological polar surface area (TPSA) is 33.1 Å². The summed E-state index contributed by atoms with van der Waals surface area (Å²) >= 11 is 1.49. The summed E-state index contributed by atoms with van der Waals surface area (Å²) in [5.74, 6) is 0. The Balaban J connectivity index is 2.19. The lowest BCUT2D eigenvalue weighted by Gasteiger charge is -2.22. The molecule has 0 spiro atoms. The summed E-state index contributed by atoms with van der Waals surface area (Å²) in [6, 6.07) is 17.4. The minimum absolute atomic E-state index is 0.648. The molecule has 0 aliphatic heterocycles. The predicted octanol–water partition coefficient (Wildman–Crippen LogP) is 3.72. The van der Waals surface area contributed by atoms with Crippen molar-refractivity contribution in [1.29, 1.82) is 0 Å². The number of aliphatic hydroxyl groups is 1. The van der Waals surface area contributed by atoms with Gasteiger partial charge in [0.25, 0.3) is 0 Å². The van der Waals surface area contributed by atoms with Gasteiger partial charge < -0.3 is 5.11 Å². The van der Waals surface area contributed by atoms with Crippen molar-refractivity contribution in [2.75, 3.05) is 0 Å². The van der Waals surface area contributed by atoms with Gasteiger partial charge in [-0.15, -0.1) is 11.3 Å². The van der Waals surface area contributed by atoms with Crippen LogP contribution in [-0.4, -0.2) is 10.1 Å². The molecule has 0 amide bonds. The van der Waals surface area contributed by atoms with Gasteiger partial charge in [-0.05, 0) is 23.8 Å². The van der Waals surface area contributed by atoms with Crippen LogP contribution in [0.25, 0.3) is 10.2 Å². The summed E-state index contributed by atoms with van der Waals surface area (Å²) in [6.07, 6.45) is 1.54. The molecule has 2 aromatic carbocycles. The monoisotopic (exact) mass is 267 g/mol. The second kappa shape index (κ2) is 4.61. The van der Waals surface area contributed by atoms with E-state index in [-0.39, 0.29) is 0 Å². The van der Waals surface area contributed by atoms with Crippen LogP contribution < -0.4 is 0 Å². The lowest BCUT2D eigenvalue weighted by atomic mass is 9.95. The minimum atomic E-state index is -1.23. The van der Waals surface area contributed by atoms with Gasteiger partial charge in [0.2, 0.25) is 0 Å². The molecule has 0 aliphatic rings. The van der Waals surface area contributed by atoms with Gasteiger partial charge in [0, 0.05) is 0 Å². The lowest BCUT2D eigenvalue weighted by molar-refractivity contribution is 0.135. The molecule has 0 saturated carbocycles. The van der Waals surface area contributed by atoms with Crippen LogP contribution in [0.2, 0.25) is 0 Å². The number of benzene rings is 2. The first kappa shape index (κ1) is 12.1. The summed E-state index contributed by atoms with van der Waals surface area (Å²) in [5, 5.41) is 11.5. The van der Waals surface area contributed by atoms with Crippen molar-refractivity contribution in [2.45, 2.75) is 5.60 Å². The lowest BCUT2D eigenvalue weighted by Crippen LogP contribution is -2.23. The fraction of sp³-hybridized carbons (Fsp3) is 0.0625. The number of hydrogen-bond donors (Lipinski definition) is 1. The molecule has 1 atom stereocenters. The fourth-order valence-corrected chi connectivity index (χ4v) is 3.13. The van der Waals surface area contributed by atoms with Gasteiger partial charge in [0.05, 0.1) is 10.2 Å². The standard InChI is InChI=1S/C16H13NOS/c1-2-16(18,12-8-4-3-5-9-12)15-17-13-10-6-7-11-14(13)19-15/h2-11,18H,1H2. The van der Waals surface area contributed by atoms with Crippen LogP contribution in [0.4, 0.5) is 0 Å². The van der Waals surface area contributed by atoms with E-state index in [0.29, 0.717) is 5.01 Å². The molecule has 0 radical (unpaired) electrons. The third-order valence-corrected chi connectivity index (χ3v) is 4.29. The van der Waals surface area contributed by atoms with Gasteiger partial charge in [0.1, 0.15) is 5.01 Å². The molecule has 0 aliphatic carbocycles. The Hall–Kier alpha value is -1.97. The highest BCUT2D eigenvalue weighted by atomic mass is 32.1. The van der Waals surface area contributed by atoms with Crippen molar-refractivity contribution in [3.05, 3.63) is 77.8 Å². The highest BCUT2D eigenvalue weighted by molar-refractivity contribution is 7.18. The van der Waals surface area contributed by atoms with Crippen LogP contribution in [0.3, 0.4) is 0 Å². The summed E-state index contributed by atoms with van der Waals surface area (Å²) < 4.78 is 1.06. The largest absolute Gasteiger partial charge is 0.374 e. The van der Waals surface area contributed by atoms with E-state index in [1.54, 1.807) is 6.08 Å². The SMILES string of the molecule is C=CC(O)(c1ccccc1)c1nc2ccccc2s1. The molecular weight excluding hydrogens is 254 g/mol. The number of thiazole rings is 1. The van der Waals surface area contributed by atoms with E-state index in [2.05, 4.69) is 11.6 Å². The Labute approximate surface area is 115 Å². The van der Waals surface area contributed by atoms with E-state index >= 15 is 0 Å². The number of rotatable bonds is 3. The summed E-state index contributed by atoms with van der Waals surface area (Å²) in [5.41, 5.74) is 0.452. The second-order valence-electron chi connectivity index (χ2n) is 4.32. The summed E-state index contributed by atoms with van der Waals surface area (Å²) in [6.45, 7) is 3.77. The number of hydrogen-bond acceptors (Lipinski definition) is 3. The van der Waals surface area contributed by atoms with Crippen LogP contribution in [0.1, 0.15) is 10.6 Å². The van der Waals surface area contributed by atoms with E-state index in [4.69, 9.17) is 0 Å². The van der Waals surface area contributed by atoms with Gasteiger partial charge in [-0.3, -0.25) is 0 Å². The molecule has 2 nitrogen and oxygen atoms in total. The molecule has 94 valence electrons. The zero-order chi connectivity index (χ0) is 13.3. The summed E-state index contributed by atoms with van der Waals surface area (Å²) in [7, 11) is 0. The zero-order valence-electron chi connectivity index (χ0n) is 10.3. The van der Waals surface area contributed by atoms with Gasteiger partial charge in [-0.1, -0.05) is 49.0 Å². The van der Waals surface area contributed by atoms with Crippen LogP contribution >= 0.6 is 11.3 Å². The normalized spacial score (nSPS) is 14.2. The van der Waals surface area contributed by atoms with Crippen molar-refractivity contribution in [3.8, 4) is 0 Å². The van der Waals surface area contributed by atoms with Crippen LogP contribution in [0.15, 0.2) is 67.3 Å². The highest BCUT2D eigenvalue weighted by Crippen LogP contribution is 2.35. The van der Waals surface area contributed by atoms with Gasteiger partial charge in [0.15, 0.2) is 5.60 Å². The van der Waals surface area contributed by atoms with E-state index in [1.165, 1.54) is 11.3 Å². The van der Waals surface area contributed by atoms with Crippen molar-refractivity contribution in [1.82, 2.24) is 4.98 Å². The van der Waals surface area contributed by atoms with Crippen LogP contribution in [0.5, 0.6) is 0 Å². The molecule has 3 rings (SSSR count). The first-order valence-corrected chi connectivity index (χ1v) is 6.83. The first-order valence-electron chi connectivity index (χ1n) is 6.01. The molecule has 3 heteroatoms. The van der Waals surface area contributed by atoms with Crippen molar-refractivity contribution >= 4 is 21.6 Å². The quantitative estimate of drug-likeness (QED) is 0.734. The van der Waals surface area contributed by atoms with E-state index in [1.807, 2.05) is 54.6 Å². The fourth-order valence-electron chi connectivity index (χ4n) is 2.06. The van der Waals surface area contributed by atoms with Crippen LogP contribution in [0, 0.1) is 0 Å². The third kappa shape index (κ3) is 1.97. The summed E-state index contributed by atoms with van der Waals surface area (Å²) in [4.78, 5) is 4.53. The maximum Gasteiger partial charge on any atom is 0.159 e. The molecule has 1 unspecified atom stereocenters. The van der Waals surface area contributed by atoms with Gasteiger partial charge in [-0.2, -0.15) is 0 Å². The van der Waals surface area contributed by atoms with E-state index in [0.717, 1.165) is 15.8 Å². The Morgan fingerprint density at radius 3 is 2.42 bits per heavy atom. The van der Waals surface area contributed by atoms with Crippen molar-refractivity contribution in [2.24, 2.45) is 0 Å². The van der Waals surface area contributed by atoms with Crippen LogP contribution in [-0.2, 0) is 5.60 Å². The van der Waals surface area contributed by atoms with E-state index in [9.17, 15) is 5.11 Å². The number of aromatic nitrogens is 1. The maximum atomic E-state index is 10.9. The Kier molecular flexibility index (Phi) is 2.93. The Bertz CT molecular complexity index is 687. The maximum absolute atomic E-state index is 10.9. The van der Waals surface area contributed by atoms with Gasteiger partial charge in [-0.25, -0.2) is 4.98 Å². The molecule has 1 aromatic heterocycles. The van der Waals surface area contributed by atoms with Gasteiger partial charge >= 0.3 is 0 Å². The first-order chi connectivity index (χ1) is 9.24. The molecule has 19 heavy (non-hydrogen) atoms. The van der Waals surface area contributed by atoms with Crippen molar-refractivity contribution < 1.29 is 5.11 Å². The molecule has 3 aromatic rings. The average molecular weight is 267 g/mol. The third-order valence-electron chi connectivity index (χ3n) is 3.13. The average Bonchev–Trinajstić information content (AvgIpc) is 2.92. The van der Waals surface area contributed by atoms with E-state index < -0.39 is 5.60 Å². The Morgan fingerprint density at radius 1 is 1.05 bits per heavy atom. The number of fused-ring (bicyclic) bond motifs is 1. The molecule has 0 fully saturated rings.